The van der Waals surface area contributed by atoms with E-state index in [1.165, 1.54) is 12.0 Å². The fourth-order valence-corrected chi connectivity index (χ4v) is 2.18. The van der Waals surface area contributed by atoms with Gasteiger partial charge in [0.25, 0.3) is 0 Å². The predicted octanol–water partition coefficient (Wildman–Crippen LogP) is 1.82. The molecule has 1 aromatic heterocycles. The molecule has 1 unspecified atom stereocenters. The maximum Gasteiger partial charge on any atom is 0.0715 e. The third-order valence-electron chi connectivity index (χ3n) is 2.98. The monoisotopic (exact) mass is 220 g/mol. The lowest BCUT2D eigenvalue weighted by Crippen LogP contribution is -2.38. The van der Waals surface area contributed by atoms with Crippen molar-refractivity contribution < 1.29 is 5.11 Å². The Morgan fingerprint density at radius 1 is 1.56 bits per heavy atom. The largest absolute Gasteiger partial charge is 0.389 e. The first-order valence-corrected chi connectivity index (χ1v) is 5.96. The molecule has 1 heterocycles. The number of pyridine rings is 1. The molecule has 3 heteroatoms. The summed E-state index contributed by atoms with van der Waals surface area (Å²) in [5, 5.41) is 13.1. The van der Waals surface area contributed by atoms with Crippen LogP contribution in [0.3, 0.4) is 0 Å². The van der Waals surface area contributed by atoms with E-state index in [1.807, 2.05) is 26.1 Å². The third-order valence-corrected chi connectivity index (χ3v) is 2.98. The van der Waals surface area contributed by atoms with E-state index in [1.54, 1.807) is 0 Å². The molecule has 0 saturated heterocycles. The Bertz CT molecular complexity index is 357. The van der Waals surface area contributed by atoms with Crippen LogP contribution in [0.4, 0.5) is 0 Å². The van der Waals surface area contributed by atoms with Crippen molar-refractivity contribution in [1.29, 1.82) is 0 Å². The minimum atomic E-state index is -0.660. The molecule has 1 aromatic rings. The van der Waals surface area contributed by atoms with Gasteiger partial charge in [-0.05, 0) is 44.7 Å². The Balaban J connectivity index is 2.07. The van der Waals surface area contributed by atoms with Crippen molar-refractivity contribution >= 4 is 0 Å². The van der Waals surface area contributed by atoms with Gasteiger partial charge in [-0.25, -0.2) is 0 Å². The normalized spacial score (nSPS) is 20.6. The number of aryl methyl sites for hydroxylation is 1. The van der Waals surface area contributed by atoms with Crippen LogP contribution in [0.2, 0.25) is 0 Å². The van der Waals surface area contributed by atoms with Gasteiger partial charge >= 0.3 is 0 Å². The zero-order chi connectivity index (χ0) is 11.6. The van der Waals surface area contributed by atoms with Gasteiger partial charge in [-0.3, -0.25) is 4.98 Å². The Kier molecular flexibility index (Phi) is 3.26. The second-order valence-corrected chi connectivity index (χ2v) is 5.19. The second kappa shape index (κ2) is 4.52. The minimum absolute atomic E-state index is 0.302. The van der Waals surface area contributed by atoms with E-state index in [9.17, 15) is 5.11 Å². The maximum atomic E-state index is 9.71. The van der Waals surface area contributed by atoms with Gasteiger partial charge in [-0.2, -0.15) is 0 Å². The Morgan fingerprint density at radius 2 is 2.38 bits per heavy atom. The average Bonchev–Trinajstić information content (AvgIpc) is 2.25. The molecule has 3 nitrogen and oxygen atoms in total. The molecule has 0 spiro atoms. The van der Waals surface area contributed by atoms with Gasteiger partial charge < -0.3 is 10.4 Å². The van der Waals surface area contributed by atoms with Gasteiger partial charge in [-0.15, -0.1) is 0 Å². The SMILES string of the molecule is CC(C)(O)CNC1CCCc2cccnc21. The summed E-state index contributed by atoms with van der Waals surface area (Å²) in [5.41, 5.74) is 1.85. The molecule has 0 fully saturated rings. The van der Waals surface area contributed by atoms with Crippen LogP contribution in [0.1, 0.15) is 44.0 Å². The fraction of sp³-hybridized carbons (Fsp3) is 0.615. The Hall–Kier alpha value is -0.930. The van der Waals surface area contributed by atoms with Gasteiger partial charge in [0.15, 0.2) is 0 Å². The van der Waals surface area contributed by atoms with Gasteiger partial charge in [-0.1, -0.05) is 6.07 Å². The van der Waals surface area contributed by atoms with Crippen molar-refractivity contribution in [3.8, 4) is 0 Å². The van der Waals surface area contributed by atoms with E-state index in [4.69, 9.17) is 0 Å². The number of aromatic nitrogens is 1. The van der Waals surface area contributed by atoms with Gasteiger partial charge in [0, 0.05) is 18.8 Å². The van der Waals surface area contributed by atoms with Crippen molar-refractivity contribution in [1.82, 2.24) is 10.3 Å². The zero-order valence-corrected chi connectivity index (χ0v) is 10.0. The molecule has 0 saturated carbocycles. The first kappa shape index (κ1) is 11.6. The lowest BCUT2D eigenvalue weighted by molar-refractivity contribution is 0.0754. The lowest BCUT2D eigenvalue weighted by Gasteiger charge is -2.28. The van der Waals surface area contributed by atoms with E-state index in [2.05, 4.69) is 16.4 Å². The zero-order valence-electron chi connectivity index (χ0n) is 10.0. The first-order valence-electron chi connectivity index (χ1n) is 5.96. The first-order chi connectivity index (χ1) is 7.56. The summed E-state index contributed by atoms with van der Waals surface area (Å²) < 4.78 is 0. The Labute approximate surface area is 96.9 Å². The molecule has 1 atom stereocenters. The molecular formula is C13H20N2O. The molecule has 0 bridgehead atoms. The smallest absolute Gasteiger partial charge is 0.0715 e. The summed E-state index contributed by atoms with van der Waals surface area (Å²) in [6, 6.07) is 4.45. The highest BCUT2D eigenvalue weighted by Crippen LogP contribution is 2.27. The third kappa shape index (κ3) is 2.80. The van der Waals surface area contributed by atoms with E-state index in [-0.39, 0.29) is 0 Å². The summed E-state index contributed by atoms with van der Waals surface area (Å²) in [5.74, 6) is 0. The van der Waals surface area contributed by atoms with Crippen molar-refractivity contribution in [3.63, 3.8) is 0 Å². The van der Waals surface area contributed by atoms with Crippen LogP contribution in [0.15, 0.2) is 18.3 Å². The quantitative estimate of drug-likeness (QED) is 0.816. The average molecular weight is 220 g/mol. The van der Waals surface area contributed by atoms with E-state index in [0.717, 1.165) is 18.5 Å². The molecule has 0 aliphatic heterocycles. The lowest BCUT2D eigenvalue weighted by atomic mass is 9.91. The predicted molar refractivity (Wildman–Crippen MR) is 64.2 cm³/mol. The van der Waals surface area contributed by atoms with Crippen LogP contribution in [0, 0.1) is 0 Å². The highest BCUT2D eigenvalue weighted by atomic mass is 16.3. The van der Waals surface area contributed by atoms with Gasteiger partial charge in [0.2, 0.25) is 0 Å². The minimum Gasteiger partial charge on any atom is -0.389 e. The van der Waals surface area contributed by atoms with Crippen molar-refractivity contribution in [2.75, 3.05) is 6.54 Å². The molecule has 1 aliphatic carbocycles. The molecule has 0 amide bonds. The number of rotatable bonds is 3. The summed E-state index contributed by atoms with van der Waals surface area (Å²) in [7, 11) is 0. The number of nitrogens with zero attached hydrogens (tertiary/aromatic N) is 1. The van der Waals surface area contributed by atoms with E-state index < -0.39 is 5.60 Å². The number of fused-ring (bicyclic) bond motifs is 1. The Morgan fingerprint density at radius 3 is 3.12 bits per heavy atom. The van der Waals surface area contributed by atoms with Gasteiger partial charge in [0.05, 0.1) is 11.3 Å². The van der Waals surface area contributed by atoms with E-state index in [0.29, 0.717) is 12.6 Å². The van der Waals surface area contributed by atoms with E-state index >= 15 is 0 Å². The van der Waals surface area contributed by atoms with Crippen molar-refractivity contribution in [3.05, 3.63) is 29.6 Å². The van der Waals surface area contributed by atoms with Crippen LogP contribution < -0.4 is 5.32 Å². The molecule has 0 aromatic carbocycles. The molecule has 88 valence electrons. The highest BCUT2D eigenvalue weighted by Gasteiger charge is 2.22. The number of hydrogen-bond acceptors (Lipinski definition) is 3. The molecule has 16 heavy (non-hydrogen) atoms. The van der Waals surface area contributed by atoms with Crippen molar-refractivity contribution in [2.24, 2.45) is 0 Å². The number of hydrogen-bond donors (Lipinski definition) is 2. The fourth-order valence-electron chi connectivity index (χ4n) is 2.18. The van der Waals surface area contributed by atoms with Crippen LogP contribution in [-0.4, -0.2) is 22.2 Å². The number of aliphatic hydroxyl groups is 1. The summed E-state index contributed by atoms with van der Waals surface area (Å²) in [6.07, 6.45) is 5.29. The summed E-state index contributed by atoms with van der Waals surface area (Å²) in [6.45, 7) is 4.25. The summed E-state index contributed by atoms with van der Waals surface area (Å²) in [4.78, 5) is 4.46. The standard InChI is InChI=1S/C13H20N2O/c1-13(2,16)9-15-11-7-3-5-10-6-4-8-14-12(10)11/h4,6,8,11,15-16H,3,5,7,9H2,1-2H3. The molecule has 2 rings (SSSR count). The second-order valence-electron chi connectivity index (χ2n) is 5.19. The van der Waals surface area contributed by atoms with Crippen molar-refractivity contribution in [2.45, 2.75) is 44.8 Å². The van der Waals surface area contributed by atoms with Crippen LogP contribution in [0.5, 0.6) is 0 Å². The maximum absolute atomic E-state index is 9.71. The topological polar surface area (TPSA) is 45.1 Å². The molecule has 1 aliphatic rings. The molecular weight excluding hydrogens is 200 g/mol. The molecule has 2 N–H and O–H groups in total. The molecule has 0 radical (unpaired) electrons. The highest BCUT2D eigenvalue weighted by molar-refractivity contribution is 5.25. The van der Waals surface area contributed by atoms with Gasteiger partial charge in [0.1, 0.15) is 0 Å². The van der Waals surface area contributed by atoms with Crippen LogP contribution >= 0.6 is 0 Å². The summed E-state index contributed by atoms with van der Waals surface area (Å²) >= 11 is 0. The number of nitrogens with one attached hydrogen (secondary N) is 1. The van der Waals surface area contributed by atoms with Crippen LogP contribution in [0.25, 0.3) is 0 Å². The van der Waals surface area contributed by atoms with Crippen LogP contribution in [-0.2, 0) is 6.42 Å².